The summed E-state index contributed by atoms with van der Waals surface area (Å²) in [5.74, 6) is -0.0408. The van der Waals surface area contributed by atoms with Crippen LogP contribution >= 0.6 is 0 Å². The standard InChI is InChI=1S/C36H71NO3/c1-3-5-7-9-11-13-15-17-19-21-23-25-27-29-31-35(39)34(33-38)37-36(40)32-30-28-26-24-22-20-18-16-14-12-10-8-6-4-2/h21,23,34-35,38-39H,3-20,22,24-33H2,1-2H3,(H,37,40)/b23-21+/t34-,35+/m0/s1. The summed E-state index contributed by atoms with van der Waals surface area (Å²) in [6.07, 6.45) is 38.3. The SMILES string of the molecule is CCCCCCCCCC/C=C/CCCC[C@@H](O)[C@H](CO)NC(=O)CCCCCCCCCCCCCCCC. The number of nitrogens with one attached hydrogen (secondary N) is 1. The van der Waals surface area contributed by atoms with Crippen LogP contribution in [0.1, 0.15) is 194 Å². The third kappa shape index (κ3) is 28.7. The summed E-state index contributed by atoms with van der Waals surface area (Å²) < 4.78 is 0. The van der Waals surface area contributed by atoms with Gasteiger partial charge < -0.3 is 15.5 Å². The van der Waals surface area contributed by atoms with Crippen LogP contribution in [-0.2, 0) is 4.79 Å². The molecule has 0 aromatic heterocycles. The minimum atomic E-state index is -0.674. The fourth-order valence-electron chi connectivity index (χ4n) is 5.47. The third-order valence-electron chi connectivity index (χ3n) is 8.28. The number of allylic oxidation sites excluding steroid dienone is 2. The summed E-state index contributed by atoms with van der Waals surface area (Å²) in [6.45, 7) is 4.33. The normalized spacial score (nSPS) is 13.2. The van der Waals surface area contributed by atoms with E-state index in [1.165, 1.54) is 135 Å². The van der Waals surface area contributed by atoms with Gasteiger partial charge in [-0.1, -0.05) is 161 Å². The Hall–Kier alpha value is -0.870. The van der Waals surface area contributed by atoms with Crippen molar-refractivity contribution in [2.45, 2.75) is 206 Å². The molecule has 0 rings (SSSR count). The lowest BCUT2D eigenvalue weighted by Crippen LogP contribution is -2.45. The number of rotatable bonds is 32. The molecule has 0 heterocycles. The largest absolute Gasteiger partial charge is 0.394 e. The topological polar surface area (TPSA) is 69.6 Å². The van der Waals surface area contributed by atoms with Crippen LogP contribution < -0.4 is 5.32 Å². The number of aliphatic hydroxyl groups excluding tert-OH is 2. The number of carbonyl (C=O) groups is 1. The van der Waals surface area contributed by atoms with Crippen LogP contribution in [0.5, 0.6) is 0 Å². The van der Waals surface area contributed by atoms with Gasteiger partial charge in [0.2, 0.25) is 5.91 Å². The van der Waals surface area contributed by atoms with E-state index in [2.05, 4.69) is 31.3 Å². The van der Waals surface area contributed by atoms with E-state index >= 15 is 0 Å². The van der Waals surface area contributed by atoms with Gasteiger partial charge in [-0.3, -0.25) is 4.79 Å². The van der Waals surface area contributed by atoms with Crippen LogP contribution in [0.15, 0.2) is 12.2 Å². The second-order valence-corrected chi connectivity index (χ2v) is 12.3. The molecule has 0 saturated heterocycles. The molecule has 4 heteroatoms. The van der Waals surface area contributed by atoms with Gasteiger partial charge in [-0.25, -0.2) is 0 Å². The van der Waals surface area contributed by atoms with E-state index in [1.807, 2.05) is 0 Å². The maximum absolute atomic E-state index is 12.3. The van der Waals surface area contributed by atoms with Crippen molar-refractivity contribution in [3.05, 3.63) is 12.2 Å². The molecule has 3 N–H and O–H groups in total. The molecular formula is C36H71NO3. The highest BCUT2D eigenvalue weighted by Gasteiger charge is 2.19. The molecule has 0 unspecified atom stereocenters. The number of hydrogen-bond donors (Lipinski definition) is 3. The molecule has 0 aromatic carbocycles. The van der Waals surface area contributed by atoms with E-state index in [1.54, 1.807) is 0 Å². The molecule has 0 bridgehead atoms. The molecule has 0 aliphatic carbocycles. The maximum Gasteiger partial charge on any atom is 0.220 e. The van der Waals surface area contributed by atoms with Crippen LogP contribution in [0.3, 0.4) is 0 Å². The molecule has 1 amide bonds. The van der Waals surface area contributed by atoms with E-state index in [9.17, 15) is 15.0 Å². The average Bonchev–Trinajstić information content (AvgIpc) is 2.96. The zero-order valence-electron chi connectivity index (χ0n) is 27.1. The maximum atomic E-state index is 12.3. The predicted octanol–water partition coefficient (Wildman–Crippen LogP) is 10.3. The van der Waals surface area contributed by atoms with Gasteiger partial charge in [0.25, 0.3) is 0 Å². The first-order valence-corrected chi connectivity index (χ1v) is 17.9. The Labute approximate surface area is 250 Å². The first kappa shape index (κ1) is 39.1. The highest BCUT2D eigenvalue weighted by Crippen LogP contribution is 2.14. The van der Waals surface area contributed by atoms with Gasteiger partial charge in [0.15, 0.2) is 0 Å². The van der Waals surface area contributed by atoms with Crippen molar-refractivity contribution in [2.75, 3.05) is 6.61 Å². The zero-order valence-corrected chi connectivity index (χ0v) is 27.1. The van der Waals surface area contributed by atoms with Crippen molar-refractivity contribution < 1.29 is 15.0 Å². The lowest BCUT2D eigenvalue weighted by atomic mass is 10.0. The summed E-state index contributed by atoms with van der Waals surface area (Å²) in [6, 6.07) is -0.545. The van der Waals surface area contributed by atoms with Crippen LogP contribution in [-0.4, -0.2) is 34.9 Å². The van der Waals surface area contributed by atoms with Crippen molar-refractivity contribution in [1.82, 2.24) is 5.32 Å². The second kappa shape index (κ2) is 32.6. The lowest BCUT2D eigenvalue weighted by Gasteiger charge is -2.22. The molecule has 0 spiro atoms. The summed E-state index contributed by atoms with van der Waals surface area (Å²) in [5.41, 5.74) is 0. The van der Waals surface area contributed by atoms with Gasteiger partial charge in [-0.2, -0.15) is 0 Å². The van der Waals surface area contributed by atoms with Crippen LogP contribution in [0.4, 0.5) is 0 Å². The quantitative estimate of drug-likeness (QED) is 0.0561. The van der Waals surface area contributed by atoms with Crippen molar-refractivity contribution in [3.8, 4) is 0 Å². The Balaban J connectivity index is 3.59. The third-order valence-corrected chi connectivity index (χ3v) is 8.28. The van der Waals surface area contributed by atoms with Crippen LogP contribution in [0.2, 0.25) is 0 Å². The van der Waals surface area contributed by atoms with Crippen molar-refractivity contribution in [2.24, 2.45) is 0 Å². The second-order valence-electron chi connectivity index (χ2n) is 12.3. The molecule has 0 aliphatic heterocycles. The average molecular weight is 566 g/mol. The Morgan fingerprint density at radius 3 is 1.38 bits per heavy atom. The smallest absolute Gasteiger partial charge is 0.220 e. The number of unbranched alkanes of at least 4 members (excludes halogenated alkanes) is 23. The Bertz CT molecular complexity index is 536. The molecule has 2 atom stereocenters. The van der Waals surface area contributed by atoms with Gasteiger partial charge in [-0.15, -0.1) is 0 Å². The first-order chi connectivity index (χ1) is 19.7. The minimum Gasteiger partial charge on any atom is -0.394 e. The molecule has 0 aromatic rings. The number of hydrogen-bond acceptors (Lipinski definition) is 3. The number of aliphatic hydroxyl groups is 2. The van der Waals surface area contributed by atoms with Crippen molar-refractivity contribution >= 4 is 5.91 Å². The molecule has 0 aliphatic rings. The molecule has 40 heavy (non-hydrogen) atoms. The zero-order chi connectivity index (χ0) is 29.4. The number of amides is 1. The van der Waals surface area contributed by atoms with Gasteiger partial charge >= 0.3 is 0 Å². The van der Waals surface area contributed by atoms with E-state index in [4.69, 9.17) is 0 Å². The fraction of sp³-hybridized carbons (Fsp3) is 0.917. The Morgan fingerprint density at radius 2 is 0.950 bits per heavy atom. The molecule has 0 saturated carbocycles. The molecule has 0 radical (unpaired) electrons. The van der Waals surface area contributed by atoms with E-state index < -0.39 is 12.1 Å². The molecule has 4 nitrogen and oxygen atoms in total. The van der Waals surface area contributed by atoms with Crippen LogP contribution in [0, 0.1) is 0 Å². The highest BCUT2D eigenvalue weighted by molar-refractivity contribution is 5.76. The van der Waals surface area contributed by atoms with Crippen molar-refractivity contribution in [1.29, 1.82) is 0 Å². The highest BCUT2D eigenvalue weighted by atomic mass is 16.3. The molecule has 0 fully saturated rings. The Kier molecular flexibility index (Phi) is 31.9. The minimum absolute atomic E-state index is 0.0408. The van der Waals surface area contributed by atoms with E-state index in [-0.39, 0.29) is 12.5 Å². The van der Waals surface area contributed by atoms with Gasteiger partial charge in [0.05, 0.1) is 18.8 Å². The van der Waals surface area contributed by atoms with Crippen molar-refractivity contribution in [3.63, 3.8) is 0 Å². The first-order valence-electron chi connectivity index (χ1n) is 17.9. The number of carbonyl (C=O) groups excluding carboxylic acids is 1. The van der Waals surface area contributed by atoms with Gasteiger partial charge in [-0.05, 0) is 38.5 Å². The van der Waals surface area contributed by atoms with Gasteiger partial charge in [0.1, 0.15) is 0 Å². The van der Waals surface area contributed by atoms with E-state index in [0.29, 0.717) is 12.8 Å². The molecular weight excluding hydrogens is 494 g/mol. The summed E-state index contributed by atoms with van der Waals surface area (Å²) in [7, 11) is 0. The lowest BCUT2D eigenvalue weighted by molar-refractivity contribution is -0.123. The monoisotopic (exact) mass is 566 g/mol. The summed E-state index contributed by atoms with van der Waals surface area (Å²) in [5, 5.41) is 23.0. The molecule has 238 valence electrons. The predicted molar refractivity (Wildman–Crippen MR) is 175 cm³/mol. The Morgan fingerprint density at radius 1 is 0.575 bits per heavy atom. The van der Waals surface area contributed by atoms with E-state index in [0.717, 1.165) is 32.1 Å². The van der Waals surface area contributed by atoms with Crippen LogP contribution in [0.25, 0.3) is 0 Å². The summed E-state index contributed by atoms with van der Waals surface area (Å²) in [4.78, 5) is 12.3. The van der Waals surface area contributed by atoms with Gasteiger partial charge in [0, 0.05) is 6.42 Å². The summed E-state index contributed by atoms with van der Waals surface area (Å²) >= 11 is 0. The fourth-order valence-corrected chi connectivity index (χ4v) is 5.47.